The normalized spacial score (nSPS) is 16.5. The van der Waals surface area contributed by atoms with Crippen molar-refractivity contribution in [2.75, 3.05) is 6.54 Å². The molecule has 3 aromatic rings. The van der Waals surface area contributed by atoms with Crippen LogP contribution in [0, 0.1) is 13.8 Å². The number of H-pyrrole nitrogens is 1. The van der Waals surface area contributed by atoms with E-state index in [1.807, 2.05) is 30.9 Å². The third-order valence-corrected chi connectivity index (χ3v) is 4.87. The lowest BCUT2D eigenvalue weighted by Crippen LogP contribution is -2.31. The maximum Gasteiger partial charge on any atom is 0.254 e. The van der Waals surface area contributed by atoms with Crippen LogP contribution in [0.15, 0.2) is 42.9 Å². The Hall–Kier alpha value is -3.22. The van der Waals surface area contributed by atoms with Crippen LogP contribution in [0.3, 0.4) is 0 Å². The van der Waals surface area contributed by atoms with Gasteiger partial charge in [-0.15, -0.1) is 0 Å². The van der Waals surface area contributed by atoms with Crippen molar-refractivity contribution < 1.29 is 9.53 Å². The highest BCUT2D eigenvalue weighted by molar-refractivity contribution is 5.95. The van der Waals surface area contributed by atoms with Crippen LogP contribution in [-0.2, 0) is 0 Å². The van der Waals surface area contributed by atoms with Gasteiger partial charge in [0.25, 0.3) is 5.91 Å². The topological polar surface area (TPSA) is 84.0 Å². The Morgan fingerprint density at radius 1 is 1.30 bits per heavy atom. The van der Waals surface area contributed by atoms with E-state index in [4.69, 9.17) is 4.74 Å². The van der Waals surface area contributed by atoms with Crippen LogP contribution in [0.4, 0.5) is 0 Å². The van der Waals surface area contributed by atoms with Gasteiger partial charge in [0.2, 0.25) is 5.88 Å². The smallest absolute Gasteiger partial charge is 0.254 e. The molecule has 0 bridgehead atoms. The highest BCUT2D eigenvalue weighted by atomic mass is 16.5. The molecular weight excluding hydrogens is 342 g/mol. The van der Waals surface area contributed by atoms with Gasteiger partial charge in [-0.3, -0.25) is 14.9 Å². The quantitative estimate of drug-likeness (QED) is 0.766. The van der Waals surface area contributed by atoms with Gasteiger partial charge >= 0.3 is 0 Å². The molecule has 1 fully saturated rings. The van der Waals surface area contributed by atoms with Crippen LogP contribution < -0.4 is 4.74 Å². The Labute approximate surface area is 157 Å². The summed E-state index contributed by atoms with van der Waals surface area (Å²) in [5.74, 6) is 0.959. The maximum atomic E-state index is 13.2. The van der Waals surface area contributed by atoms with Crippen LogP contribution >= 0.6 is 0 Å². The SMILES string of the molecule is Cc1n[nH]c(C)c1C1CCCN1C(=O)c1cccc(Oc2cnccn2)c1. The first kappa shape index (κ1) is 17.2. The number of benzene rings is 1. The van der Waals surface area contributed by atoms with Gasteiger partial charge in [0.05, 0.1) is 17.9 Å². The fourth-order valence-corrected chi connectivity index (χ4v) is 3.68. The fourth-order valence-electron chi connectivity index (χ4n) is 3.68. The number of carbonyl (C=O) groups excluding carboxylic acids is 1. The second-order valence-electron chi connectivity index (χ2n) is 6.68. The zero-order valence-corrected chi connectivity index (χ0v) is 15.3. The summed E-state index contributed by atoms with van der Waals surface area (Å²) in [5.41, 5.74) is 3.71. The molecule has 1 unspecified atom stereocenters. The predicted molar refractivity (Wildman–Crippen MR) is 99.6 cm³/mol. The van der Waals surface area contributed by atoms with Gasteiger partial charge in [0.1, 0.15) is 5.75 Å². The predicted octanol–water partition coefficient (Wildman–Crippen LogP) is 3.59. The van der Waals surface area contributed by atoms with Crippen molar-refractivity contribution in [1.29, 1.82) is 0 Å². The maximum absolute atomic E-state index is 13.2. The highest BCUT2D eigenvalue weighted by Gasteiger charge is 2.33. The van der Waals surface area contributed by atoms with Crippen LogP contribution in [0.25, 0.3) is 0 Å². The van der Waals surface area contributed by atoms with E-state index in [1.54, 1.807) is 24.5 Å². The second kappa shape index (κ2) is 7.19. The third-order valence-electron chi connectivity index (χ3n) is 4.87. The number of amides is 1. The molecule has 0 spiro atoms. The number of nitrogens with zero attached hydrogens (tertiary/aromatic N) is 4. The Balaban J connectivity index is 1.58. The van der Waals surface area contributed by atoms with E-state index < -0.39 is 0 Å². The molecule has 1 aliphatic rings. The molecule has 1 aliphatic heterocycles. The van der Waals surface area contributed by atoms with Crippen LogP contribution in [-0.4, -0.2) is 37.5 Å². The number of carbonyl (C=O) groups is 1. The van der Waals surface area contributed by atoms with Crippen LogP contribution in [0.5, 0.6) is 11.6 Å². The largest absolute Gasteiger partial charge is 0.437 e. The van der Waals surface area contributed by atoms with Gasteiger partial charge in [-0.2, -0.15) is 5.10 Å². The summed E-state index contributed by atoms with van der Waals surface area (Å²) in [5, 5.41) is 7.32. The number of rotatable bonds is 4. The summed E-state index contributed by atoms with van der Waals surface area (Å²) in [6, 6.07) is 7.24. The standard InChI is InChI=1S/C20H21N5O2/c1-13-19(14(2)24-23-13)17-7-4-10-25(17)20(26)15-5-3-6-16(11-15)27-18-12-21-8-9-22-18/h3,5-6,8-9,11-12,17H,4,7,10H2,1-2H3,(H,23,24). The summed E-state index contributed by atoms with van der Waals surface area (Å²) >= 11 is 0. The van der Waals surface area contributed by atoms with Crippen molar-refractivity contribution in [3.63, 3.8) is 0 Å². The van der Waals surface area contributed by atoms with Crippen molar-refractivity contribution >= 4 is 5.91 Å². The van der Waals surface area contributed by atoms with Crippen LogP contribution in [0.2, 0.25) is 0 Å². The van der Waals surface area contributed by atoms with Gasteiger partial charge in [-0.05, 0) is 44.9 Å². The molecule has 1 atom stereocenters. The van der Waals surface area contributed by atoms with E-state index in [2.05, 4.69) is 20.2 Å². The Kier molecular flexibility index (Phi) is 4.58. The Bertz CT molecular complexity index is 935. The molecule has 2 aromatic heterocycles. The molecular formula is C20H21N5O2. The van der Waals surface area contributed by atoms with E-state index in [-0.39, 0.29) is 11.9 Å². The lowest BCUT2D eigenvalue weighted by Gasteiger charge is -2.25. The Morgan fingerprint density at radius 2 is 2.19 bits per heavy atom. The van der Waals surface area contributed by atoms with E-state index >= 15 is 0 Å². The van der Waals surface area contributed by atoms with Crippen LogP contribution in [0.1, 0.15) is 46.2 Å². The van der Waals surface area contributed by atoms with E-state index in [9.17, 15) is 4.79 Å². The number of hydrogen-bond acceptors (Lipinski definition) is 5. The van der Waals surface area contributed by atoms with Crippen molar-refractivity contribution in [1.82, 2.24) is 25.1 Å². The van der Waals surface area contributed by atoms with Gasteiger partial charge in [0, 0.05) is 35.8 Å². The molecule has 138 valence electrons. The van der Waals surface area contributed by atoms with Gasteiger partial charge in [-0.1, -0.05) is 6.07 Å². The molecule has 0 aliphatic carbocycles. The van der Waals surface area contributed by atoms with E-state index in [1.165, 1.54) is 6.20 Å². The number of nitrogens with one attached hydrogen (secondary N) is 1. The molecule has 1 aromatic carbocycles. The van der Waals surface area contributed by atoms with E-state index in [0.29, 0.717) is 17.2 Å². The fraction of sp³-hybridized carbons (Fsp3) is 0.300. The number of aromatic amines is 1. The molecule has 7 nitrogen and oxygen atoms in total. The molecule has 1 saturated heterocycles. The second-order valence-corrected chi connectivity index (χ2v) is 6.68. The minimum atomic E-state index is 0.00194. The minimum Gasteiger partial charge on any atom is -0.437 e. The summed E-state index contributed by atoms with van der Waals surface area (Å²) in [6.07, 6.45) is 6.61. The summed E-state index contributed by atoms with van der Waals surface area (Å²) in [6.45, 7) is 4.73. The molecule has 7 heteroatoms. The average molecular weight is 363 g/mol. The number of likely N-dealkylation sites (tertiary alicyclic amines) is 1. The summed E-state index contributed by atoms with van der Waals surface area (Å²) < 4.78 is 5.71. The zero-order valence-electron chi connectivity index (χ0n) is 15.3. The van der Waals surface area contributed by atoms with Crippen molar-refractivity contribution in [2.45, 2.75) is 32.7 Å². The average Bonchev–Trinajstić information content (AvgIpc) is 3.28. The minimum absolute atomic E-state index is 0.00194. The molecule has 1 amide bonds. The monoisotopic (exact) mass is 363 g/mol. The molecule has 0 saturated carbocycles. The lowest BCUT2D eigenvalue weighted by molar-refractivity contribution is 0.0734. The lowest BCUT2D eigenvalue weighted by atomic mass is 10.0. The zero-order chi connectivity index (χ0) is 18.8. The van der Waals surface area contributed by atoms with Crippen molar-refractivity contribution in [3.05, 3.63) is 65.4 Å². The third kappa shape index (κ3) is 3.40. The van der Waals surface area contributed by atoms with E-state index in [0.717, 1.165) is 36.3 Å². The number of ether oxygens (including phenoxy) is 1. The number of aromatic nitrogens is 4. The number of aryl methyl sites for hydroxylation is 2. The molecule has 0 radical (unpaired) electrons. The molecule has 4 rings (SSSR count). The summed E-state index contributed by atoms with van der Waals surface area (Å²) in [7, 11) is 0. The van der Waals surface area contributed by atoms with Crippen molar-refractivity contribution in [2.24, 2.45) is 0 Å². The van der Waals surface area contributed by atoms with Gasteiger partial charge < -0.3 is 9.64 Å². The first-order valence-corrected chi connectivity index (χ1v) is 9.00. The first-order chi connectivity index (χ1) is 13.1. The first-order valence-electron chi connectivity index (χ1n) is 9.00. The van der Waals surface area contributed by atoms with Gasteiger partial charge in [0.15, 0.2) is 0 Å². The molecule has 1 N–H and O–H groups in total. The summed E-state index contributed by atoms with van der Waals surface area (Å²) in [4.78, 5) is 23.2. The molecule has 27 heavy (non-hydrogen) atoms. The van der Waals surface area contributed by atoms with Crippen molar-refractivity contribution in [3.8, 4) is 11.6 Å². The number of hydrogen-bond donors (Lipinski definition) is 1. The highest BCUT2D eigenvalue weighted by Crippen LogP contribution is 2.36. The van der Waals surface area contributed by atoms with Gasteiger partial charge in [-0.25, -0.2) is 4.98 Å². The molecule has 3 heterocycles. The Morgan fingerprint density at radius 3 is 2.93 bits per heavy atom.